The van der Waals surface area contributed by atoms with Gasteiger partial charge < -0.3 is 48.7 Å². The topological polar surface area (TPSA) is 300 Å². The summed E-state index contributed by atoms with van der Waals surface area (Å²) in [7, 11) is 0. The molecule has 0 aliphatic carbocycles. The first-order valence-electron chi connectivity index (χ1n) is 13.6. The van der Waals surface area contributed by atoms with Crippen LogP contribution in [0.3, 0.4) is 0 Å². The molecule has 0 saturated carbocycles. The molecule has 16 nitrogen and oxygen atoms in total. The number of halogens is 3. The van der Waals surface area contributed by atoms with Gasteiger partial charge in [-0.1, -0.05) is 42.5 Å². The third-order valence-corrected chi connectivity index (χ3v) is 6.08. The number of nitrogen functional groups attached to an aromatic ring is 1. The number of nitrogens with one attached hydrogen (secondary N) is 6. The predicted molar refractivity (Wildman–Crippen MR) is 163 cm³/mol. The number of benzene rings is 2. The number of carbonyl (C=O) groups is 5. The lowest BCUT2D eigenvalue weighted by Gasteiger charge is -2.23. The molecule has 2 aromatic carbocycles. The van der Waals surface area contributed by atoms with E-state index >= 15 is 0 Å². The summed E-state index contributed by atoms with van der Waals surface area (Å²) in [6, 6.07) is 12.3. The number of amides is 4. The number of carboxylic acid groups (broad SMARTS) is 1. The molecule has 14 N–H and O–H groups in total. The van der Waals surface area contributed by atoms with Crippen LogP contribution in [-0.4, -0.2) is 83.0 Å². The number of nitrogens with two attached hydrogens (primary N) is 3. The number of aliphatic hydroxyl groups is 1. The molecule has 0 bridgehead atoms. The average molecular weight is 668 g/mol. The molecule has 0 saturated heterocycles. The molecular weight excluding hydrogens is 631 g/mol. The molecule has 0 radical (unpaired) electrons. The van der Waals surface area contributed by atoms with E-state index in [0.29, 0.717) is 23.2 Å². The van der Waals surface area contributed by atoms with Gasteiger partial charge in [-0.25, -0.2) is 4.79 Å². The molecule has 0 aliphatic heterocycles. The maximum Gasteiger partial charge on any atom is 0.490 e. The summed E-state index contributed by atoms with van der Waals surface area (Å²) < 4.78 is 31.7. The number of anilines is 1. The Balaban J connectivity index is 0.00000141. The Bertz CT molecular complexity index is 1410. The van der Waals surface area contributed by atoms with Gasteiger partial charge in [0.1, 0.15) is 23.8 Å². The van der Waals surface area contributed by atoms with Crippen molar-refractivity contribution < 1.29 is 47.4 Å². The van der Waals surface area contributed by atoms with Crippen molar-refractivity contribution in [3.05, 3.63) is 65.7 Å². The van der Waals surface area contributed by atoms with Gasteiger partial charge in [-0.15, -0.1) is 0 Å². The zero-order valence-electron chi connectivity index (χ0n) is 24.8. The van der Waals surface area contributed by atoms with E-state index in [1.54, 1.807) is 54.6 Å². The third-order valence-electron chi connectivity index (χ3n) is 6.08. The van der Waals surface area contributed by atoms with E-state index in [-0.39, 0.29) is 31.2 Å². The molecular formula is C28H36F3N9O7. The van der Waals surface area contributed by atoms with Crippen molar-refractivity contribution in [3.63, 3.8) is 0 Å². The van der Waals surface area contributed by atoms with Gasteiger partial charge in [-0.05, 0) is 37.0 Å². The van der Waals surface area contributed by atoms with E-state index in [4.69, 9.17) is 37.9 Å². The molecule has 47 heavy (non-hydrogen) atoms. The minimum absolute atomic E-state index is 0.0600. The Labute approximate surface area is 266 Å². The van der Waals surface area contributed by atoms with Gasteiger partial charge in [0.15, 0.2) is 5.96 Å². The molecule has 0 aliphatic rings. The van der Waals surface area contributed by atoms with E-state index in [0.717, 1.165) is 0 Å². The number of aliphatic hydroxyl groups excluding tert-OH is 1. The Hall–Kier alpha value is -5.72. The second kappa shape index (κ2) is 18.9. The van der Waals surface area contributed by atoms with E-state index in [9.17, 15) is 37.5 Å². The largest absolute Gasteiger partial charge is 0.490 e. The van der Waals surface area contributed by atoms with E-state index < -0.39 is 60.4 Å². The Kier molecular flexibility index (Phi) is 15.8. The zero-order valence-corrected chi connectivity index (χ0v) is 24.8. The average Bonchev–Trinajstić information content (AvgIpc) is 3.00. The molecule has 0 aromatic heterocycles. The van der Waals surface area contributed by atoms with Crippen LogP contribution in [0.25, 0.3) is 0 Å². The van der Waals surface area contributed by atoms with Crippen molar-refractivity contribution in [1.82, 2.24) is 16.0 Å². The highest BCUT2D eigenvalue weighted by Crippen LogP contribution is 2.15. The van der Waals surface area contributed by atoms with Crippen LogP contribution in [0.5, 0.6) is 0 Å². The SMILES string of the molecule is N=C(N)NCCC[C@H](NC(=O)[C@H](CO)NC(=O)C(Cc1ccc(C(=N)N)cc1)C(=O)Nc1ccccc1)C(N)=O.O=C(O)C(F)(F)F. The number of para-hydroxylation sites is 1. The Morgan fingerprint density at radius 1 is 0.830 bits per heavy atom. The predicted octanol–water partition coefficient (Wildman–Crippen LogP) is -0.888. The highest BCUT2D eigenvalue weighted by molar-refractivity contribution is 6.07. The molecule has 0 fully saturated rings. The summed E-state index contributed by atoms with van der Waals surface area (Å²) in [5.74, 6) is -7.63. The summed E-state index contributed by atoms with van der Waals surface area (Å²) in [5, 5.41) is 41.6. The molecule has 4 amide bonds. The maximum atomic E-state index is 13.3. The van der Waals surface area contributed by atoms with E-state index in [1.807, 2.05) is 0 Å². The monoisotopic (exact) mass is 667 g/mol. The van der Waals surface area contributed by atoms with Crippen molar-refractivity contribution in [1.29, 1.82) is 10.8 Å². The number of hydrogen-bond acceptors (Lipinski definition) is 8. The van der Waals surface area contributed by atoms with Crippen LogP contribution in [0.4, 0.5) is 18.9 Å². The van der Waals surface area contributed by atoms with Crippen LogP contribution in [0.2, 0.25) is 0 Å². The smallest absolute Gasteiger partial charge is 0.475 e. The first kappa shape index (κ1) is 39.3. The number of carboxylic acids is 1. The molecule has 1 unspecified atom stereocenters. The van der Waals surface area contributed by atoms with Gasteiger partial charge in [-0.2, -0.15) is 13.2 Å². The lowest BCUT2D eigenvalue weighted by molar-refractivity contribution is -0.192. The number of rotatable bonds is 15. The van der Waals surface area contributed by atoms with Crippen LogP contribution >= 0.6 is 0 Å². The number of carbonyl (C=O) groups excluding carboxylic acids is 4. The lowest BCUT2D eigenvalue weighted by atomic mass is 9.96. The van der Waals surface area contributed by atoms with Crippen molar-refractivity contribution in [2.75, 3.05) is 18.5 Å². The summed E-state index contributed by atoms with van der Waals surface area (Å²) >= 11 is 0. The Morgan fingerprint density at radius 2 is 1.38 bits per heavy atom. The fraction of sp³-hybridized carbons (Fsp3) is 0.321. The molecule has 19 heteroatoms. The zero-order chi connectivity index (χ0) is 35.7. The summed E-state index contributed by atoms with van der Waals surface area (Å²) in [6.45, 7) is -0.546. The van der Waals surface area contributed by atoms with Gasteiger partial charge in [0.05, 0.1) is 6.61 Å². The fourth-order valence-electron chi connectivity index (χ4n) is 3.66. The van der Waals surface area contributed by atoms with Crippen LogP contribution in [0.15, 0.2) is 54.6 Å². The second-order valence-corrected chi connectivity index (χ2v) is 9.72. The third kappa shape index (κ3) is 14.7. The van der Waals surface area contributed by atoms with Crippen LogP contribution in [0, 0.1) is 16.7 Å². The van der Waals surface area contributed by atoms with Crippen molar-refractivity contribution >= 4 is 47.1 Å². The van der Waals surface area contributed by atoms with Gasteiger partial charge in [0.25, 0.3) is 0 Å². The quantitative estimate of drug-likeness (QED) is 0.0482. The van der Waals surface area contributed by atoms with Crippen LogP contribution in [-0.2, 0) is 30.4 Å². The van der Waals surface area contributed by atoms with Crippen molar-refractivity contribution in [2.24, 2.45) is 23.1 Å². The number of primary amides is 1. The molecule has 0 spiro atoms. The number of aliphatic carboxylic acids is 1. The van der Waals surface area contributed by atoms with E-state index in [2.05, 4.69) is 21.3 Å². The summed E-state index contributed by atoms with van der Waals surface area (Å²) in [5.41, 5.74) is 17.6. The van der Waals surface area contributed by atoms with Gasteiger partial charge >= 0.3 is 12.1 Å². The minimum Gasteiger partial charge on any atom is -0.475 e. The molecule has 2 aromatic rings. The van der Waals surface area contributed by atoms with Gasteiger partial charge in [0.2, 0.25) is 23.6 Å². The van der Waals surface area contributed by atoms with Crippen molar-refractivity contribution in [3.8, 4) is 0 Å². The molecule has 0 heterocycles. The van der Waals surface area contributed by atoms with Gasteiger partial charge in [-0.3, -0.25) is 30.0 Å². The molecule has 3 atom stereocenters. The number of guanidine groups is 1. The normalized spacial score (nSPS) is 12.5. The minimum atomic E-state index is -5.08. The number of amidine groups is 1. The maximum absolute atomic E-state index is 13.3. The van der Waals surface area contributed by atoms with E-state index in [1.165, 1.54) is 0 Å². The Morgan fingerprint density at radius 3 is 1.85 bits per heavy atom. The molecule has 256 valence electrons. The first-order chi connectivity index (χ1) is 22.0. The number of alkyl halides is 3. The number of hydrogen-bond donors (Lipinski definition) is 11. The fourth-order valence-corrected chi connectivity index (χ4v) is 3.66. The first-order valence-corrected chi connectivity index (χ1v) is 13.6. The summed E-state index contributed by atoms with van der Waals surface area (Å²) in [4.78, 5) is 60.0. The second-order valence-electron chi connectivity index (χ2n) is 9.72. The molecule has 2 rings (SSSR count). The van der Waals surface area contributed by atoms with Crippen LogP contribution < -0.4 is 38.5 Å². The summed E-state index contributed by atoms with van der Waals surface area (Å²) in [6.07, 6.45) is -4.69. The van der Waals surface area contributed by atoms with Crippen LogP contribution in [0.1, 0.15) is 24.0 Å². The van der Waals surface area contributed by atoms with Crippen molar-refractivity contribution in [2.45, 2.75) is 37.5 Å². The highest BCUT2D eigenvalue weighted by atomic mass is 19.4. The van der Waals surface area contributed by atoms with Gasteiger partial charge in [0, 0.05) is 17.8 Å². The lowest BCUT2D eigenvalue weighted by Crippen LogP contribution is -2.56. The standard InChI is InChI=1S/C26H35N9O5.C2HF3O2/c27-21(28)16-10-8-15(9-11-16)13-18(23(38)33-17-5-2-1-3-6-17)24(39)35-20(14-36)25(40)34-19(22(29)37)7-4-12-32-26(30)31;3-2(4,5)1(6)7/h1-3,5-6,8-11,18-20,36H,4,7,12-14H2,(H3,27,28)(H2,29,37)(H,33,38)(H,34,40)(H,35,39)(H4,30,31,32);(H,6,7)/t18?,19-,20-;/m0./s1. The highest BCUT2D eigenvalue weighted by Gasteiger charge is 2.38.